The Labute approximate surface area is 214 Å². The molecule has 0 aromatic heterocycles. The fraction of sp³-hybridized carbons (Fsp3) is 0. The molecule has 6 heteroatoms. The summed E-state index contributed by atoms with van der Waals surface area (Å²) in [5, 5.41) is 0.629. The first-order chi connectivity index (χ1) is 17.7. The molecule has 0 amide bonds. The molecule has 0 aliphatic rings. The molecule has 0 aliphatic heterocycles. The Hall–Kier alpha value is -3.92. The number of benzene rings is 5. The SMILES string of the molecule is O=P(Oc1ccc(Oc2ccccc2)cc1)(Sc1ccc(Oc2ccccc2)cc1)c1ccccc1. The highest BCUT2D eigenvalue weighted by Crippen LogP contribution is 2.61. The third kappa shape index (κ3) is 6.19. The van der Waals surface area contributed by atoms with Crippen LogP contribution >= 0.6 is 18.0 Å². The third-order valence-corrected chi connectivity index (χ3v) is 9.44. The Kier molecular flexibility index (Phi) is 7.41. The molecule has 0 bridgehead atoms. The van der Waals surface area contributed by atoms with Gasteiger partial charge in [0.25, 0.3) is 0 Å². The average Bonchev–Trinajstić information content (AvgIpc) is 2.93. The first-order valence-corrected chi connectivity index (χ1v) is 14.4. The average molecular weight is 511 g/mol. The molecule has 0 N–H and O–H groups in total. The first-order valence-electron chi connectivity index (χ1n) is 11.4. The molecule has 5 rings (SSSR count). The maximum Gasteiger partial charge on any atom is 0.337 e. The number of ether oxygens (including phenoxy) is 2. The lowest BCUT2D eigenvalue weighted by atomic mass is 10.3. The van der Waals surface area contributed by atoms with Crippen molar-refractivity contribution in [2.45, 2.75) is 4.90 Å². The van der Waals surface area contributed by atoms with Crippen molar-refractivity contribution in [2.24, 2.45) is 0 Å². The normalized spacial score (nSPS) is 12.3. The summed E-state index contributed by atoms with van der Waals surface area (Å²) in [7, 11) is 0. The van der Waals surface area contributed by atoms with Crippen molar-refractivity contribution >= 4 is 23.3 Å². The molecule has 5 aromatic carbocycles. The largest absolute Gasteiger partial charge is 0.457 e. The maximum absolute atomic E-state index is 14.2. The van der Waals surface area contributed by atoms with E-state index in [4.69, 9.17) is 14.0 Å². The molecule has 36 heavy (non-hydrogen) atoms. The topological polar surface area (TPSA) is 44.8 Å². The van der Waals surface area contributed by atoms with E-state index in [1.54, 1.807) is 24.3 Å². The Bertz CT molecular complexity index is 1340. The summed E-state index contributed by atoms with van der Waals surface area (Å²) in [6.07, 6.45) is 0. The van der Waals surface area contributed by atoms with Crippen molar-refractivity contribution in [2.75, 3.05) is 0 Å². The Balaban J connectivity index is 1.33. The second-order valence-corrected chi connectivity index (χ2v) is 12.1. The van der Waals surface area contributed by atoms with Crippen LogP contribution in [0.25, 0.3) is 0 Å². The van der Waals surface area contributed by atoms with Gasteiger partial charge in [0.15, 0.2) is 0 Å². The van der Waals surface area contributed by atoms with Gasteiger partial charge in [0, 0.05) is 4.90 Å². The van der Waals surface area contributed by atoms with Gasteiger partial charge in [-0.15, -0.1) is 0 Å². The molecule has 0 heterocycles. The number of rotatable bonds is 9. The molecule has 4 nitrogen and oxygen atoms in total. The summed E-state index contributed by atoms with van der Waals surface area (Å²) in [4.78, 5) is 0.812. The van der Waals surface area contributed by atoms with E-state index in [9.17, 15) is 4.57 Å². The van der Waals surface area contributed by atoms with Gasteiger partial charge in [-0.3, -0.25) is 4.57 Å². The van der Waals surface area contributed by atoms with E-state index in [0.717, 1.165) is 16.4 Å². The molecule has 0 spiro atoms. The van der Waals surface area contributed by atoms with E-state index in [2.05, 4.69) is 0 Å². The minimum Gasteiger partial charge on any atom is -0.457 e. The van der Waals surface area contributed by atoms with Gasteiger partial charge in [-0.05, 0) is 96.3 Å². The monoisotopic (exact) mass is 510 g/mol. The molecule has 178 valence electrons. The Morgan fingerprint density at radius 2 is 0.833 bits per heavy atom. The van der Waals surface area contributed by atoms with E-state index in [0.29, 0.717) is 22.6 Å². The van der Waals surface area contributed by atoms with Gasteiger partial charge >= 0.3 is 6.57 Å². The maximum atomic E-state index is 14.2. The van der Waals surface area contributed by atoms with E-state index in [1.165, 1.54) is 11.4 Å². The summed E-state index contributed by atoms with van der Waals surface area (Å²) in [5.41, 5.74) is 0. The summed E-state index contributed by atoms with van der Waals surface area (Å²) in [6, 6.07) is 43.1. The van der Waals surface area contributed by atoms with Crippen molar-refractivity contribution in [1.82, 2.24) is 0 Å². The van der Waals surface area contributed by atoms with Crippen molar-refractivity contribution in [3.8, 4) is 28.7 Å². The van der Waals surface area contributed by atoms with Gasteiger partial charge in [-0.25, -0.2) is 0 Å². The molecule has 0 saturated carbocycles. The molecular formula is C30H23O4PS. The van der Waals surface area contributed by atoms with E-state index < -0.39 is 6.57 Å². The van der Waals surface area contributed by atoms with Gasteiger partial charge in [-0.1, -0.05) is 54.6 Å². The molecule has 0 radical (unpaired) electrons. The fourth-order valence-corrected chi connectivity index (χ4v) is 7.37. The van der Waals surface area contributed by atoms with E-state index >= 15 is 0 Å². The van der Waals surface area contributed by atoms with Gasteiger partial charge < -0.3 is 14.0 Å². The third-order valence-electron chi connectivity index (χ3n) is 5.13. The van der Waals surface area contributed by atoms with Crippen LogP contribution < -0.4 is 19.3 Å². The Morgan fingerprint density at radius 3 is 1.33 bits per heavy atom. The smallest absolute Gasteiger partial charge is 0.337 e. The number of hydrogen-bond donors (Lipinski definition) is 0. The van der Waals surface area contributed by atoms with Crippen molar-refractivity contribution in [3.63, 3.8) is 0 Å². The molecule has 5 aromatic rings. The number of hydrogen-bond acceptors (Lipinski definition) is 5. The van der Waals surface area contributed by atoms with Crippen LogP contribution in [0.15, 0.2) is 144 Å². The van der Waals surface area contributed by atoms with E-state index in [-0.39, 0.29) is 0 Å². The predicted octanol–water partition coefficient (Wildman–Crippen LogP) is 8.96. The van der Waals surface area contributed by atoms with Gasteiger partial charge in [0.2, 0.25) is 0 Å². The van der Waals surface area contributed by atoms with Crippen LogP contribution in [0.4, 0.5) is 0 Å². The van der Waals surface area contributed by atoms with Crippen LogP contribution in [0, 0.1) is 0 Å². The fourth-order valence-electron chi connectivity index (χ4n) is 3.40. The zero-order valence-corrected chi connectivity index (χ0v) is 21.0. The van der Waals surface area contributed by atoms with Gasteiger partial charge in [-0.2, -0.15) is 0 Å². The summed E-state index contributed by atoms with van der Waals surface area (Å²) >= 11 is 1.21. The molecule has 0 fully saturated rings. The highest BCUT2D eigenvalue weighted by Gasteiger charge is 2.29. The highest BCUT2D eigenvalue weighted by atomic mass is 32.7. The molecule has 1 atom stereocenters. The van der Waals surface area contributed by atoms with Gasteiger partial charge in [0.1, 0.15) is 28.7 Å². The second-order valence-electron chi connectivity index (χ2n) is 7.79. The zero-order chi connectivity index (χ0) is 24.6. The minimum absolute atomic E-state index is 0.499. The lowest BCUT2D eigenvalue weighted by Gasteiger charge is -2.19. The summed E-state index contributed by atoms with van der Waals surface area (Å²) in [6.45, 7) is -3.34. The van der Waals surface area contributed by atoms with E-state index in [1.807, 2.05) is 115 Å². The second kappa shape index (κ2) is 11.2. The van der Waals surface area contributed by atoms with Gasteiger partial charge in [0.05, 0.1) is 5.30 Å². The van der Waals surface area contributed by atoms with Crippen LogP contribution in [-0.2, 0) is 4.57 Å². The molecule has 1 unspecified atom stereocenters. The van der Waals surface area contributed by atoms with Crippen LogP contribution in [0.3, 0.4) is 0 Å². The van der Waals surface area contributed by atoms with Crippen LogP contribution in [0.2, 0.25) is 0 Å². The van der Waals surface area contributed by atoms with Crippen LogP contribution in [-0.4, -0.2) is 0 Å². The van der Waals surface area contributed by atoms with Crippen LogP contribution in [0.1, 0.15) is 0 Å². The molecular weight excluding hydrogens is 487 g/mol. The number of para-hydroxylation sites is 2. The van der Waals surface area contributed by atoms with Crippen molar-refractivity contribution in [1.29, 1.82) is 0 Å². The summed E-state index contributed by atoms with van der Waals surface area (Å²) < 4.78 is 32.1. The minimum atomic E-state index is -3.34. The zero-order valence-electron chi connectivity index (χ0n) is 19.3. The van der Waals surface area contributed by atoms with Crippen molar-refractivity contribution in [3.05, 3.63) is 140 Å². The molecule has 0 aliphatic carbocycles. The quantitative estimate of drug-likeness (QED) is 0.185. The molecule has 0 saturated heterocycles. The lowest BCUT2D eigenvalue weighted by molar-refractivity contribution is 0.479. The summed E-state index contributed by atoms with van der Waals surface area (Å²) in [5.74, 6) is 3.38. The standard InChI is InChI=1S/C30H23O4PS/c31-35(29-14-8-3-9-15-29,34-28-18-16-26(17-19-28)32-24-10-4-1-5-11-24)36-30-22-20-27(21-23-30)33-25-12-6-2-7-13-25/h1-23H. The highest BCUT2D eigenvalue weighted by molar-refractivity contribution is 8.58. The predicted molar refractivity (Wildman–Crippen MR) is 146 cm³/mol. The first kappa shape index (κ1) is 23.8. The van der Waals surface area contributed by atoms with Crippen LogP contribution in [0.5, 0.6) is 28.7 Å². The Morgan fingerprint density at radius 1 is 0.444 bits per heavy atom. The lowest BCUT2D eigenvalue weighted by Crippen LogP contribution is -2.06. The van der Waals surface area contributed by atoms with Crippen molar-refractivity contribution < 1.29 is 18.6 Å².